The van der Waals surface area contributed by atoms with Gasteiger partial charge in [0.2, 0.25) is 35.4 Å². The quantitative estimate of drug-likeness (QED) is 0.0237. The zero-order valence-corrected chi connectivity index (χ0v) is 94.7. The lowest BCUT2D eigenvalue weighted by Gasteiger charge is -2.42. The molecule has 1 aromatic rings. The second-order valence-electron chi connectivity index (χ2n) is 45.1. The Hall–Kier alpha value is -9.23. The third-order valence-electron chi connectivity index (χ3n) is 30.3. The Morgan fingerprint density at radius 3 is 1.39 bits per heavy atom. The van der Waals surface area contributed by atoms with Crippen LogP contribution in [0.25, 0.3) is 0 Å². The van der Waals surface area contributed by atoms with Gasteiger partial charge in [-0.25, -0.2) is 0 Å². The molecule has 840 valence electrons. The van der Waals surface area contributed by atoms with Crippen LogP contribution in [-0.2, 0) is 102 Å². The molecule has 150 heavy (non-hydrogen) atoms. The number of thioether (sulfide) groups is 3. The monoisotopic (exact) mass is 2150 g/mol. The van der Waals surface area contributed by atoms with Gasteiger partial charge in [-0.2, -0.15) is 35.3 Å². The highest BCUT2D eigenvalue weighted by Gasteiger charge is 2.47. The predicted octanol–water partition coefficient (Wildman–Crippen LogP) is 13.1. The van der Waals surface area contributed by atoms with E-state index in [1.165, 1.54) is 57.0 Å². The van der Waals surface area contributed by atoms with Crippen LogP contribution in [0.2, 0.25) is 0 Å². The van der Waals surface area contributed by atoms with E-state index in [9.17, 15) is 82.1 Å². The molecule has 6 heterocycles. The summed E-state index contributed by atoms with van der Waals surface area (Å²) in [4.78, 5) is 304. The van der Waals surface area contributed by atoms with Crippen molar-refractivity contribution >= 4 is 164 Å². The van der Waals surface area contributed by atoms with Gasteiger partial charge in [-0.3, -0.25) is 106 Å². The van der Waals surface area contributed by atoms with Crippen LogP contribution in [0.15, 0.2) is 40.3 Å². The fraction of sp³-hybridized carbons (Fsp3) is 0.752. The SMILES string of the molecule is CC(=O)[C@H]1CSCCC(=O)N2CN3CN(C2)C(=O)CCSC[C@@H](C)C(=O)C[C@H](C(C)C)C(=O)C[C@H](CCCCN=C(N)N)C(=O)C[C@@H](CCC(=O)O)C(=O)C[C@H](CSCCC3=O)C(=O)C[C@H](C)C(=O)C[C@H](CC(C)C)C(=O)C[C@H](CC(C)C)C(=O)C[C@H](Cc2ccccc2)C(=O)N2CCC[C@@H]2C(=O)C[C@H](CCCCN=C(N)N)C(=O)C[C@H](C(C)O)C(=O)C1.CCC(=O)[C@H]1CCCN1C(=O)[C@H]1CCCN1C(=O)C(CC(C)C)CC(C)C. The number of aliphatic hydroxyl groups excluding tert-OH is 1. The standard InChI is InChI=1S/C91H140N10O19S3.C22H38N2O3/c1-55(2)35-66-42-74(104)58(7)37-76(106)70-46-78(108)65(24-25-88(118)119)39-77(107)63(21-14-16-29-96-90(92)93)40-82(112)71(57(5)6)47-75(105)59(8)49-121-32-26-85(115)98-52-99(54-100(53-98)87(117)28-34-123-51-70)86(116)27-33-122-50-69(60(9)102)45-83(113)72(61(10)103)48-81(111)64(22-15-17-30-97-91(94)95)41-84(114)73-23-18-31-101(73)89(120)68(38-62-19-12-11-13-20-62)44-80(110)67(36-56(3)4)43-79(66)109;1-6-20(25)18-9-7-11-23(18)22(27)19-10-8-12-24(19)21(26)17(13-15(2)3)14-16(4)5/h11-13,19-20,55-59,61,63-73,103H,14-18,21-54H2,1-10H3,(H,118,119)(H4,92,93,96)(H4,94,95,97);15-19H,6-14H2,1-5H3/t58-,59+,61?,63-,64-,65+,66-,67-,68-,69+,70+,71+,72+,73+;18-,19-/m01/s1. The second-order valence-corrected chi connectivity index (χ2v) is 48.5. The van der Waals surface area contributed by atoms with E-state index < -0.39 is 185 Å². The third kappa shape index (κ3) is 44.0. The number of carboxylic acids is 1. The average Bonchev–Trinajstić information content (AvgIpc) is 1.65. The van der Waals surface area contributed by atoms with Gasteiger partial charge in [0.05, 0.1) is 44.1 Å². The summed E-state index contributed by atoms with van der Waals surface area (Å²) >= 11 is 3.69. The van der Waals surface area contributed by atoms with Crippen LogP contribution in [0.5, 0.6) is 0 Å². The Kier molecular flexibility index (Phi) is 57.0. The largest absolute Gasteiger partial charge is 0.481 e. The van der Waals surface area contributed by atoms with Crippen LogP contribution < -0.4 is 22.9 Å². The fourth-order valence-corrected chi connectivity index (χ4v) is 24.8. The van der Waals surface area contributed by atoms with Crippen molar-refractivity contribution in [2.45, 2.75) is 346 Å². The maximum Gasteiger partial charge on any atom is 0.303 e. The number of ketones is 13. The number of aliphatic imine (C=N–C) groups is 2. The molecule has 4 bridgehead atoms. The first-order valence-electron chi connectivity index (χ1n) is 55.3. The smallest absolute Gasteiger partial charge is 0.303 e. The van der Waals surface area contributed by atoms with Gasteiger partial charge in [0.1, 0.15) is 69.7 Å². The molecule has 6 aliphatic heterocycles. The van der Waals surface area contributed by atoms with Crippen molar-refractivity contribution in [3.63, 3.8) is 0 Å². The molecule has 1 aromatic carbocycles. The maximum absolute atomic E-state index is 15.4. The second kappa shape index (κ2) is 66.1. The van der Waals surface area contributed by atoms with Gasteiger partial charge in [-0.1, -0.05) is 133 Å². The molecule has 34 nitrogen and oxygen atoms in total. The molecule has 0 radical (unpaired) electrons. The van der Waals surface area contributed by atoms with Crippen molar-refractivity contribution in [3.05, 3.63) is 35.9 Å². The van der Waals surface area contributed by atoms with Crippen molar-refractivity contribution in [3.8, 4) is 0 Å². The molecule has 10 N–H and O–H groups in total. The summed E-state index contributed by atoms with van der Waals surface area (Å²) in [5.74, 6) is -19.4. The zero-order chi connectivity index (χ0) is 111. The number of likely N-dealkylation sites (tertiary alicyclic amines) is 2. The first-order valence-corrected chi connectivity index (χ1v) is 58.7. The predicted molar refractivity (Wildman–Crippen MR) is 584 cm³/mol. The number of fused-ring (bicyclic) bond motifs is 8. The summed E-state index contributed by atoms with van der Waals surface area (Å²) in [6.07, 6.45) is 1.97. The van der Waals surface area contributed by atoms with E-state index in [1.807, 2.05) is 57.7 Å². The van der Waals surface area contributed by atoms with Crippen molar-refractivity contribution in [1.82, 2.24) is 29.4 Å². The number of hydrogen-bond donors (Lipinski definition) is 6. The Morgan fingerprint density at radius 2 is 0.887 bits per heavy atom. The molecule has 37 heteroatoms. The van der Waals surface area contributed by atoms with E-state index in [0.29, 0.717) is 63.5 Å². The molecule has 0 spiro atoms. The number of carboxylic acid groups (broad SMARTS) is 1. The van der Waals surface area contributed by atoms with Gasteiger partial charge in [0.15, 0.2) is 23.5 Å². The highest BCUT2D eigenvalue weighted by molar-refractivity contribution is 7.99. The number of carbonyl (C=O) groups excluding carboxylic acids is 19. The van der Waals surface area contributed by atoms with Gasteiger partial charge >= 0.3 is 5.97 Å². The van der Waals surface area contributed by atoms with Gasteiger partial charge in [0.25, 0.3) is 0 Å². The van der Waals surface area contributed by atoms with Crippen LogP contribution >= 0.6 is 35.3 Å². The summed E-state index contributed by atoms with van der Waals surface area (Å²) < 4.78 is 0. The fourth-order valence-electron chi connectivity index (χ4n) is 21.6. The van der Waals surface area contributed by atoms with Crippen molar-refractivity contribution in [2.75, 3.05) is 87.2 Å². The number of Topliss-reactive ketones (excluding diaryl/α,β-unsaturated/α-hetero) is 13. The van der Waals surface area contributed by atoms with Gasteiger partial charge < -0.3 is 62.5 Å². The summed E-state index contributed by atoms with van der Waals surface area (Å²) in [6, 6.07) is 7.43. The summed E-state index contributed by atoms with van der Waals surface area (Å²) in [6.45, 7) is 28.9. The van der Waals surface area contributed by atoms with E-state index in [2.05, 4.69) is 37.7 Å². The van der Waals surface area contributed by atoms with Crippen LogP contribution in [0.1, 0.15) is 321 Å². The number of aliphatic carboxylic acids is 1. The number of guanidine groups is 2. The van der Waals surface area contributed by atoms with Crippen LogP contribution in [0.3, 0.4) is 0 Å². The van der Waals surface area contributed by atoms with Crippen LogP contribution in [0.4, 0.5) is 0 Å². The molecule has 6 saturated heterocycles. The maximum atomic E-state index is 15.4. The Bertz CT molecular complexity index is 4760. The molecule has 6 fully saturated rings. The molecular weight excluding hydrogens is 1970 g/mol. The number of amides is 6. The lowest BCUT2D eigenvalue weighted by Crippen LogP contribution is -2.59. The average molecular weight is 2150 g/mol. The molecule has 0 aromatic heterocycles. The first kappa shape index (κ1) is 129. The molecule has 0 aliphatic carbocycles. The highest BCUT2D eigenvalue weighted by atomic mass is 32.2. The normalized spacial score (nSPS) is 26.1. The molecule has 0 saturated carbocycles. The van der Waals surface area contributed by atoms with Gasteiger partial charge in [-0.15, -0.1) is 0 Å². The van der Waals surface area contributed by atoms with Crippen molar-refractivity contribution in [1.29, 1.82) is 0 Å². The van der Waals surface area contributed by atoms with E-state index in [-0.39, 0.29) is 277 Å². The summed E-state index contributed by atoms with van der Waals surface area (Å²) in [7, 11) is 0. The topological polar surface area (TPSA) is 530 Å². The minimum absolute atomic E-state index is 0.00186. The molecule has 1 unspecified atom stereocenters. The van der Waals surface area contributed by atoms with Crippen LogP contribution in [0, 0.1) is 107 Å². The Labute approximate surface area is 902 Å². The number of rotatable bonds is 30. The minimum atomic E-state index is -1.38. The third-order valence-corrected chi connectivity index (χ3v) is 33.8. The highest BCUT2D eigenvalue weighted by Crippen LogP contribution is 2.38. The Balaban J connectivity index is 0.00000109. The number of benzene rings is 1. The summed E-state index contributed by atoms with van der Waals surface area (Å²) in [5.41, 5.74) is 23.2. The van der Waals surface area contributed by atoms with E-state index in [0.717, 1.165) is 55.9 Å². The van der Waals surface area contributed by atoms with E-state index >= 15 is 24.0 Å². The molecule has 6 aliphatic rings. The molecule has 16 atom stereocenters. The van der Waals surface area contributed by atoms with E-state index in [1.54, 1.807) is 44.7 Å². The van der Waals surface area contributed by atoms with Crippen molar-refractivity contribution in [2.24, 2.45) is 139 Å². The number of unbranched alkanes of at least 4 members (excludes halogenated alkanes) is 2. The van der Waals surface area contributed by atoms with Crippen molar-refractivity contribution < 1.29 is 106 Å². The van der Waals surface area contributed by atoms with Crippen LogP contribution in [-0.4, -0.2) is 280 Å². The van der Waals surface area contributed by atoms with E-state index in [4.69, 9.17) is 22.9 Å². The first-order chi connectivity index (χ1) is 70.9. The molecule has 7 rings (SSSR count). The summed E-state index contributed by atoms with van der Waals surface area (Å²) in [5, 5.41) is 21.4. The number of nitrogens with zero attached hydrogens (tertiary/aromatic N) is 8. The number of carbonyl (C=O) groups is 20. The molecule has 6 amide bonds. The lowest BCUT2D eigenvalue weighted by atomic mass is 9.77. The lowest BCUT2D eigenvalue weighted by molar-refractivity contribution is -0.158. The number of aliphatic hydroxyl groups is 1. The molecular formula is C113H178N12O22S3. The minimum Gasteiger partial charge on any atom is -0.481 e. The number of nitrogens with two attached hydrogens (primary N) is 4. The zero-order valence-electron chi connectivity index (χ0n) is 92.2. The number of hydrogen-bond acceptors (Lipinski definition) is 26. The van der Waals surface area contributed by atoms with Gasteiger partial charge in [-0.05, 0) is 152 Å². The Morgan fingerprint density at radius 1 is 0.447 bits per heavy atom. The van der Waals surface area contributed by atoms with Gasteiger partial charge in [0, 0.05) is 241 Å².